The number of rotatable bonds is 7. The van der Waals surface area contributed by atoms with Crippen LogP contribution in [0.3, 0.4) is 0 Å². The topological polar surface area (TPSA) is 104 Å². The summed E-state index contributed by atoms with van der Waals surface area (Å²) in [6, 6.07) is 6.75. The number of sulfonamides is 1. The largest absolute Gasteiger partial charge is 0.379 e. The van der Waals surface area contributed by atoms with Crippen LogP contribution in [0.4, 0.5) is 5.82 Å². The number of nitrogens with zero attached hydrogens (tertiary/aromatic N) is 2. The van der Waals surface area contributed by atoms with Crippen molar-refractivity contribution in [2.75, 3.05) is 31.6 Å². The van der Waals surface area contributed by atoms with E-state index in [1.54, 1.807) is 12.1 Å². The van der Waals surface area contributed by atoms with Crippen LogP contribution < -0.4 is 5.32 Å². The van der Waals surface area contributed by atoms with Crippen LogP contribution in [0, 0.1) is 5.92 Å². The third-order valence-electron chi connectivity index (χ3n) is 6.40. The van der Waals surface area contributed by atoms with Crippen LogP contribution in [-0.2, 0) is 27.6 Å². The summed E-state index contributed by atoms with van der Waals surface area (Å²) in [6.07, 6.45) is 7.87. The van der Waals surface area contributed by atoms with E-state index in [9.17, 15) is 13.2 Å². The second-order valence-electron chi connectivity index (χ2n) is 8.63. The van der Waals surface area contributed by atoms with Gasteiger partial charge < -0.3 is 10.1 Å². The SMILES string of the molecule is CCc1ccc(C(=O)Nc2cc(CC3CCCCC3)[nH]n2)cc1S(=O)(=O)N1CCOCC1. The van der Waals surface area contributed by atoms with Crippen LogP contribution in [0.25, 0.3) is 0 Å². The number of aryl methyl sites for hydroxylation is 1. The number of benzene rings is 1. The lowest BCUT2D eigenvalue weighted by molar-refractivity contribution is 0.0730. The summed E-state index contributed by atoms with van der Waals surface area (Å²) in [5, 5.41) is 10.1. The summed E-state index contributed by atoms with van der Waals surface area (Å²) in [5.74, 6) is 0.752. The number of morpholine rings is 1. The standard InChI is InChI=1S/C23H32N4O4S/c1-2-18-8-9-19(15-21(18)32(29,30)27-10-12-31-13-11-27)23(28)24-22-16-20(25-26-22)14-17-6-4-3-5-7-17/h8-9,15-17H,2-7,10-14H2,1H3,(H2,24,25,26,28). The molecule has 0 atom stereocenters. The predicted octanol–water partition coefficient (Wildman–Crippen LogP) is 3.37. The molecule has 0 radical (unpaired) electrons. The van der Waals surface area contributed by atoms with Crippen LogP contribution >= 0.6 is 0 Å². The molecule has 1 saturated carbocycles. The van der Waals surface area contributed by atoms with Crippen molar-refractivity contribution in [2.24, 2.45) is 5.92 Å². The molecular weight excluding hydrogens is 428 g/mol. The average Bonchev–Trinajstić information content (AvgIpc) is 3.26. The van der Waals surface area contributed by atoms with Gasteiger partial charge in [0, 0.05) is 30.4 Å². The summed E-state index contributed by atoms with van der Waals surface area (Å²) < 4.78 is 33.1. The first-order valence-corrected chi connectivity index (χ1v) is 13.0. The molecule has 0 bridgehead atoms. The van der Waals surface area contributed by atoms with Gasteiger partial charge in [0.1, 0.15) is 0 Å². The maximum atomic E-state index is 13.2. The molecule has 1 aromatic heterocycles. The van der Waals surface area contributed by atoms with Crippen molar-refractivity contribution in [3.8, 4) is 0 Å². The molecule has 2 heterocycles. The minimum absolute atomic E-state index is 0.189. The molecule has 9 heteroatoms. The van der Waals surface area contributed by atoms with Gasteiger partial charge in [0.15, 0.2) is 5.82 Å². The van der Waals surface area contributed by atoms with E-state index in [1.165, 1.54) is 42.5 Å². The number of carbonyl (C=O) groups excluding carboxylic acids is 1. The Balaban J connectivity index is 1.48. The van der Waals surface area contributed by atoms with Gasteiger partial charge in [0.25, 0.3) is 5.91 Å². The number of nitrogens with one attached hydrogen (secondary N) is 2. The monoisotopic (exact) mass is 460 g/mol. The van der Waals surface area contributed by atoms with Crippen LogP contribution in [0.5, 0.6) is 0 Å². The zero-order valence-electron chi connectivity index (χ0n) is 18.6. The van der Waals surface area contributed by atoms with Crippen molar-refractivity contribution < 1.29 is 17.9 Å². The lowest BCUT2D eigenvalue weighted by atomic mass is 9.86. The number of hydrogen-bond donors (Lipinski definition) is 2. The number of carbonyl (C=O) groups is 1. The lowest BCUT2D eigenvalue weighted by Gasteiger charge is -2.27. The first-order chi connectivity index (χ1) is 15.5. The van der Waals surface area contributed by atoms with Gasteiger partial charge in [-0.05, 0) is 36.5 Å². The van der Waals surface area contributed by atoms with E-state index in [1.807, 2.05) is 13.0 Å². The Morgan fingerprint density at radius 3 is 2.66 bits per heavy atom. The van der Waals surface area contributed by atoms with E-state index in [2.05, 4.69) is 15.5 Å². The quantitative estimate of drug-likeness (QED) is 0.659. The molecule has 174 valence electrons. The molecule has 2 aromatic rings. The molecule has 32 heavy (non-hydrogen) atoms. The van der Waals surface area contributed by atoms with Crippen molar-refractivity contribution in [3.63, 3.8) is 0 Å². The Labute approximate surface area is 189 Å². The van der Waals surface area contributed by atoms with Crippen LogP contribution in [-0.4, -0.2) is 55.1 Å². The number of anilines is 1. The Hall–Kier alpha value is -2.23. The molecule has 2 aliphatic rings. The fourth-order valence-corrected chi connectivity index (χ4v) is 6.30. The van der Waals surface area contributed by atoms with Gasteiger partial charge in [-0.25, -0.2) is 8.42 Å². The van der Waals surface area contributed by atoms with Crippen molar-refractivity contribution in [1.82, 2.24) is 14.5 Å². The van der Waals surface area contributed by atoms with E-state index in [0.717, 1.165) is 12.1 Å². The maximum Gasteiger partial charge on any atom is 0.256 e. The van der Waals surface area contributed by atoms with Crippen LogP contribution in [0.15, 0.2) is 29.2 Å². The molecule has 1 aliphatic heterocycles. The molecule has 8 nitrogen and oxygen atoms in total. The number of H-pyrrole nitrogens is 1. The van der Waals surface area contributed by atoms with Gasteiger partial charge in [-0.1, -0.05) is 45.1 Å². The number of ether oxygens (including phenoxy) is 1. The molecular formula is C23H32N4O4S. The van der Waals surface area contributed by atoms with E-state index >= 15 is 0 Å². The third-order valence-corrected chi connectivity index (χ3v) is 8.38. The van der Waals surface area contributed by atoms with Gasteiger partial charge in [-0.2, -0.15) is 9.40 Å². The van der Waals surface area contributed by atoms with E-state index < -0.39 is 10.0 Å². The number of aromatic nitrogens is 2. The van der Waals surface area contributed by atoms with Gasteiger partial charge in [0.2, 0.25) is 10.0 Å². The first-order valence-electron chi connectivity index (χ1n) is 11.5. The Morgan fingerprint density at radius 1 is 1.19 bits per heavy atom. The second-order valence-corrected chi connectivity index (χ2v) is 10.5. The average molecular weight is 461 g/mol. The van der Waals surface area contributed by atoms with Crippen LogP contribution in [0.2, 0.25) is 0 Å². The molecule has 2 fully saturated rings. The molecule has 4 rings (SSSR count). The van der Waals surface area contributed by atoms with Crippen molar-refractivity contribution >= 4 is 21.7 Å². The molecule has 1 amide bonds. The number of hydrogen-bond acceptors (Lipinski definition) is 5. The third kappa shape index (κ3) is 5.22. The second kappa shape index (κ2) is 10.1. The molecule has 0 spiro atoms. The van der Waals surface area contributed by atoms with Gasteiger partial charge in [-0.15, -0.1) is 0 Å². The molecule has 1 aromatic carbocycles. The summed E-state index contributed by atoms with van der Waals surface area (Å²) in [7, 11) is -3.69. The van der Waals surface area contributed by atoms with Gasteiger partial charge in [-0.3, -0.25) is 9.89 Å². The highest BCUT2D eigenvalue weighted by Crippen LogP contribution is 2.27. The number of aromatic amines is 1. The first kappa shape index (κ1) is 22.9. The van der Waals surface area contributed by atoms with Crippen LogP contribution in [0.1, 0.15) is 60.6 Å². The highest BCUT2D eigenvalue weighted by Gasteiger charge is 2.29. The Bertz CT molecular complexity index is 1040. The van der Waals surface area contributed by atoms with E-state index in [0.29, 0.717) is 55.6 Å². The fourth-order valence-electron chi connectivity index (χ4n) is 4.58. The summed E-state index contributed by atoms with van der Waals surface area (Å²) >= 11 is 0. The lowest BCUT2D eigenvalue weighted by Crippen LogP contribution is -2.41. The molecule has 2 N–H and O–H groups in total. The predicted molar refractivity (Wildman–Crippen MR) is 122 cm³/mol. The van der Waals surface area contributed by atoms with Gasteiger partial charge >= 0.3 is 0 Å². The molecule has 1 aliphatic carbocycles. The smallest absolute Gasteiger partial charge is 0.256 e. The highest BCUT2D eigenvalue weighted by molar-refractivity contribution is 7.89. The van der Waals surface area contributed by atoms with Crippen molar-refractivity contribution in [1.29, 1.82) is 0 Å². The minimum atomic E-state index is -3.69. The number of amides is 1. The zero-order chi connectivity index (χ0) is 22.6. The highest BCUT2D eigenvalue weighted by atomic mass is 32.2. The van der Waals surface area contributed by atoms with Crippen molar-refractivity contribution in [2.45, 2.75) is 56.8 Å². The minimum Gasteiger partial charge on any atom is -0.379 e. The van der Waals surface area contributed by atoms with Gasteiger partial charge in [0.05, 0.1) is 18.1 Å². The maximum absolute atomic E-state index is 13.2. The molecule has 1 saturated heterocycles. The fraction of sp³-hybridized carbons (Fsp3) is 0.565. The Kier molecular flexibility index (Phi) is 7.27. The zero-order valence-corrected chi connectivity index (χ0v) is 19.4. The Morgan fingerprint density at radius 2 is 1.94 bits per heavy atom. The summed E-state index contributed by atoms with van der Waals surface area (Å²) in [4.78, 5) is 13.1. The van der Waals surface area contributed by atoms with E-state index in [-0.39, 0.29) is 10.8 Å². The summed E-state index contributed by atoms with van der Waals surface area (Å²) in [6.45, 7) is 3.30. The summed E-state index contributed by atoms with van der Waals surface area (Å²) in [5.41, 5.74) is 2.01. The normalized spacial score (nSPS) is 18.5. The van der Waals surface area contributed by atoms with Crippen molar-refractivity contribution in [3.05, 3.63) is 41.1 Å². The molecule has 0 unspecified atom stereocenters. The van der Waals surface area contributed by atoms with E-state index in [4.69, 9.17) is 4.74 Å².